The predicted octanol–water partition coefficient (Wildman–Crippen LogP) is 4.76. The van der Waals surface area contributed by atoms with Crippen molar-refractivity contribution in [3.8, 4) is 0 Å². The van der Waals surface area contributed by atoms with E-state index in [4.69, 9.17) is 24.5 Å². The molecule has 2 aromatic carbocycles. The largest absolute Gasteiger partial charge is 0.458 e. The molecule has 0 radical (unpaired) electrons. The van der Waals surface area contributed by atoms with Crippen LogP contribution < -0.4 is 0 Å². The van der Waals surface area contributed by atoms with Gasteiger partial charge in [0.15, 0.2) is 0 Å². The van der Waals surface area contributed by atoms with Crippen LogP contribution in [-0.2, 0) is 36.8 Å². The molecule has 0 spiro atoms. The molecule has 0 aliphatic carbocycles. The molecule has 9 heteroatoms. The van der Waals surface area contributed by atoms with E-state index in [9.17, 15) is 4.79 Å². The third kappa shape index (κ3) is 13.2. The topological polar surface area (TPSA) is 106 Å². The summed E-state index contributed by atoms with van der Waals surface area (Å²) in [5.74, 6) is -0.395. The van der Waals surface area contributed by atoms with E-state index in [1.165, 1.54) is 11.1 Å². The Morgan fingerprint density at radius 1 is 0.889 bits per heavy atom. The highest BCUT2D eigenvalue weighted by molar-refractivity contribution is 5.71. The first-order valence-corrected chi connectivity index (χ1v) is 12.1. The lowest BCUT2D eigenvalue weighted by Crippen LogP contribution is -2.42. The molecular formula is C27H38N4O5. The molecule has 0 aromatic heterocycles. The van der Waals surface area contributed by atoms with Gasteiger partial charge in [-0.2, -0.15) is 0 Å². The molecule has 0 bridgehead atoms. The summed E-state index contributed by atoms with van der Waals surface area (Å²) >= 11 is 0. The van der Waals surface area contributed by atoms with Gasteiger partial charge in [0.05, 0.1) is 39.1 Å². The molecule has 0 aliphatic rings. The highest BCUT2D eigenvalue weighted by Gasteiger charge is 2.22. The fourth-order valence-electron chi connectivity index (χ4n) is 3.45. The summed E-state index contributed by atoms with van der Waals surface area (Å²) < 4.78 is 22.5. The van der Waals surface area contributed by atoms with E-state index in [0.29, 0.717) is 52.7 Å². The number of hydrogen-bond acceptors (Lipinski definition) is 7. The summed E-state index contributed by atoms with van der Waals surface area (Å²) in [5, 5.41) is 3.44. The van der Waals surface area contributed by atoms with Crippen LogP contribution in [0.5, 0.6) is 0 Å². The van der Waals surface area contributed by atoms with E-state index in [2.05, 4.69) is 39.2 Å². The second-order valence-electron chi connectivity index (χ2n) is 9.27. The van der Waals surface area contributed by atoms with Crippen LogP contribution in [0.1, 0.15) is 31.9 Å². The fourth-order valence-corrected chi connectivity index (χ4v) is 3.45. The number of hydrogen-bond donors (Lipinski definition) is 0. The van der Waals surface area contributed by atoms with Gasteiger partial charge in [-0.05, 0) is 37.4 Å². The van der Waals surface area contributed by atoms with Crippen LogP contribution in [0.4, 0.5) is 0 Å². The molecule has 0 amide bonds. The smallest absolute Gasteiger partial charge is 0.332 e. The van der Waals surface area contributed by atoms with Crippen molar-refractivity contribution in [2.24, 2.45) is 5.11 Å². The van der Waals surface area contributed by atoms with E-state index in [0.717, 1.165) is 0 Å². The lowest BCUT2D eigenvalue weighted by molar-refractivity contribution is -0.161. The van der Waals surface area contributed by atoms with Crippen LogP contribution in [0.15, 0.2) is 65.8 Å². The zero-order valence-corrected chi connectivity index (χ0v) is 21.5. The molecule has 196 valence electrons. The van der Waals surface area contributed by atoms with Crippen LogP contribution >= 0.6 is 0 Å². The van der Waals surface area contributed by atoms with Gasteiger partial charge in [-0.1, -0.05) is 65.8 Å². The Morgan fingerprint density at radius 2 is 1.44 bits per heavy atom. The van der Waals surface area contributed by atoms with Gasteiger partial charge in [0.25, 0.3) is 0 Å². The molecule has 0 saturated carbocycles. The maximum Gasteiger partial charge on any atom is 0.332 e. The summed E-state index contributed by atoms with van der Waals surface area (Å²) in [6, 6.07) is 20.3. The van der Waals surface area contributed by atoms with Crippen molar-refractivity contribution in [1.29, 1.82) is 0 Å². The molecule has 0 N–H and O–H groups in total. The number of nitrogens with zero attached hydrogens (tertiary/aromatic N) is 4. The number of esters is 1. The standard InChI is InChI=1S/C27H38N4O5/c1-27(2,3)36-26(32)22-35-21-25(20-34-17-16-33-15-14-29-30-28)31(18-23-10-6-4-7-11-23)19-24-12-8-5-9-13-24/h4-13,25H,14-22H2,1-3H3. The number of carbonyl (C=O) groups is 1. The Labute approximate surface area is 213 Å². The van der Waals surface area contributed by atoms with Crippen LogP contribution in [0.25, 0.3) is 10.4 Å². The zero-order valence-electron chi connectivity index (χ0n) is 21.5. The summed E-state index contributed by atoms with van der Waals surface area (Å²) in [6.45, 7) is 8.89. The summed E-state index contributed by atoms with van der Waals surface area (Å²) in [6.07, 6.45) is 0. The normalized spacial score (nSPS) is 12.2. The van der Waals surface area contributed by atoms with Crippen LogP contribution in [0, 0.1) is 0 Å². The minimum absolute atomic E-state index is 0.115. The molecule has 0 saturated heterocycles. The Hall–Kier alpha value is -2.94. The number of azide groups is 1. The van der Waals surface area contributed by atoms with Gasteiger partial charge in [-0.25, -0.2) is 4.79 Å². The minimum Gasteiger partial charge on any atom is -0.458 e. The maximum absolute atomic E-state index is 12.2. The molecule has 0 heterocycles. The average Bonchev–Trinajstić information content (AvgIpc) is 2.84. The maximum atomic E-state index is 12.2. The van der Waals surface area contributed by atoms with Gasteiger partial charge < -0.3 is 18.9 Å². The van der Waals surface area contributed by atoms with Crippen molar-refractivity contribution < 1.29 is 23.7 Å². The summed E-state index contributed by atoms with van der Waals surface area (Å²) in [7, 11) is 0. The quantitative estimate of drug-likeness (QED) is 0.102. The van der Waals surface area contributed by atoms with Gasteiger partial charge in [-0.15, -0.1) is 0 Å². The van der Waals surface area contributed by atoms with E-state index >= 15 is 0 Å². The predicted molar refractivity (Wildman–Crippen MR) is 138 cm³/mol. The van der Waals surface area contributed by atoms with Crippen LogP contribution in [-0.4, -0.2) is 68.7 Å². The first-order chi connectivity index (χ1) is 17.4. The van der Waals surface area contributed by atoms with Crippen LogP contribution in [0.2, 0.25) is 0 Å². The molecule has 0 aliphatic heterocycles. The Bertz CT molecular complexity index is 873. The SMILES string of the molecule is CC(C)(C)OC(=O)COCC(COCCOCCN=[N+]=[N-])N(Cc1ccccc1)Cc1ccccc1. The molecule has 1 atom stereocenters. The van der Waals surface area contributed by atoms with Gasteiger partial charge in [-0.3, -0.25) is 4.90 Å². The van der Waals surface area contributed by atoms with E-state index < -0.39 is 11.6 Å². The number of carbonyl (C=O) groups excluding carboxylic acids is 1. The summed E-state index contributed by atoms with van der Waals surface area (Å²) in [5.41, 5.74) is 10.1. The third-order valence-corrected chi connectivity index (χ3v) is 5.00. The molecular weight excluding hydrogens is 460 g/mol. The molecule has 36 heavy (non-hydrogen) atoms. The van der Waals surface area contributed by atoms with E-state index in [1.54, 1.807) is 0 Å². The Kier molecular flexibility index (Phi) is 13.6. The van der Waals surface area contributed by atoms with Crippen molar-refractivity contribution in [1.82, 2.24) is 4.90 Å². The minimum atomic E-state index is -0.561. The monoisotopic (exact) mass is 498 g/mol. The van der Waals surface area contributed by atoms with Gasteiger partial charge in [0, 0.05) is 24.5 Å². The van der Waals surface area contributed by atoms with E-state index in [1.807, 2.05) is 57.2 Å². The van der Waals surface area contributed by atoms with Crippen molar-refractivity contribution in [3.63, 3.8) is 0 Å². The molecule has 9 nitrogen and oxygen atoms in total. The van der Waals surface area contributed by atoms with E-state index in [-0.39, 0.29) is 12.6 Å². The summed E-state index contributed by atoms with van der Waals surface area (Å²) in [4.78, 5) is 17.2. The number of ether oxygens (including phenoxy) is 4. The third-order valence-electron chi connectivity index (χ3n) is 5.00. The number of benzene rings is 2. The second kappa shape index (κ2) is 16.7. The highest BCUT2D eigenvalue weighted by atomic mass is 16.6. The first-order valence-electron chi connectivity index (χ1n) is 12.1. The van der Waals surface area contributed by atoms with Crippen molar-refractivity contribution in [3.05, 3.63) is 82.2 Å². The molecule has 2 aromatic rings. The van der Waals surface area contributed by atoms with Crippen molar-refractivity contribution in [2.75, 3.05) is 46.2 Å². The lowest BCUT2D eigenvalue weighted by Gasteiger charge is -2.32. The average molecular weight is 499 g/mol. The second-order valence-corrected chi connectivity index (χ2v) is 9.27. The Morgan fingerprint density at radius 3 is 2.00 bits per heavy atom. The molecule has 0 fully saturated rings. The molecule has 1 unspecified atom stereocenters. The molecule has 2 rings (SSSR count). The first kappa shape index (κ1) is 29.3. The highest BCUT2D eigenvalue weighted by Crippen LogP contribution is 2.15. The van der Waals surface area contributed by atoms with Crippen molar-refractivity contribution in [2.45, 2.75) is 45.5 Å². The number of rotatable bonds is 17. The lowest BCUT2D eigenvalue weighted by atomic mass is 10.1. The van der Waals surface area contributed by atoms with Gasteiger partial charge in [0.1, 0.15) is 12.2 Å². The Balaban J connectivity index is 2.04. The van der Waals surface area contributed by atoms with Gasteiger partial charge in [0.2, 0.25) is 0 Å². The van der Waals surface area contributed by atoms with Gasteiger partial charge >= 0.3 is 5.97 Å². The van der Waals surface area contributed by atoms with Crippen LogP contribution in [0.3, 0.4) is 0 Å². The van der Waals surface area contributed by atoms with Crippen molar-refractivity contribution >= 4 is 5.97 Å². The zero-order chi connectivity index (χ0) is 26.1. The fraction of sp³-hybridized carbons (Fsp3) is 0.519.